The van der Waals surface area contributed by atoms with Gasteiger partial charge in [0.1, 0.15) is 0 Å². The zero-order chi connectivity index (χ0) is 11.6. The number of carboxylic acids is 1. The molecule has 4 nitrogen and oxygen atoms in total. The van der Waals surface area contributed by atoms with Crippen molar-refractivity contribution in [3.63, 3.8) is 0 Å². The normalized spacial score (nSPS) is 24.6. The molecule has 1 aliphatic rings. The Morgan fingerprint density at radius 2 is 2.38 bits per heavy atom. The van der Waals surface area contributed by atoms with Gasteiger partial charge in [-0.05, 0) is 12.5 Å². The van der Waals surface area contributed by atoms with Gasteiger partial charge in [0, 0.05) is 13.2 Å². The lowest BCUT2D eigenvalue weighted by molar-refractivity contribution is -0.138. The topological polar surface area (TPSA) is 61.4 Å². The Kier molecular flexibility index (Phi) is 2.94. The highest BCUT2D eigenvalue weighted by Crippen LogP contribution is 2.27. The summed E-state index contributed by atoms with van der Waals surface area (Å²) in [6.07, 6.45) is 0.101. The average molecular weight is 220 g/mol. The number of rotatable bonds is 3. The van der Waals surface area contributed by atoms with Crippen molar-refractivity contribution in [2.75, 3.05) is 13.2 Å². The quantitative estimate of drug-likeness (QED) is 0.705. The van der Waals surface area contributed by atoms with Crippen molar-refractivity contribution in [3.05, 3.63) is 35.4 Å². The second-order valence-corrected chi connectivity index (χ2v) is 4.30. The van der Waals surface area contributed by atoms with Crippen LogP contribution in [0.15, 0.2) is 24.3 Å². The molecule has 1 unspecified atom stereocenters. The standard InChI is InChI=1S/C12H16N2O2/c1-9-3-2-4-10(5-9)12(6-11(15)16)7-13-8-14-12/h2-5,13-14H,6-8H2,1H3,(H,15,16). The summed E-state index contributed by atoms with van der Waals surface area (Å²) in [7, 11) is 0. The van der Waals surface area contributed by atoms with E-state index in [9.17, 15) is 4.79 Å². The number of aliphatic carboxylic acids is 1. The van der Waals surface area contributed by atoms with E-state index in [2.05, 4.69) is 10.6 Å². The lowest BCUT2D eigenvalue weighted by atomic mass is 9.87. The zero-order valence-electron chi connectivity index (χ0n) is 9.29. The van der Waals surface area contributed by atoms with E-state index >= 15 is 0 Å². The van der Waals surface area contributed by atoms with Crippen LogP contribution in [0.2, 0.25) is 0 Å². The molecule has 1 aromatic carbocycles. The second-order valence-electron chi connectivity index (χ2n) is 4.30. The van der Waals surface area contributed by atoms with Gasteiger partial charge in [-0.3, -0.25) is 10.1 Å². The van der Waals surface area contributed by atoms with E-state index in [1.54, 1.807) is 0 Å². The predicted molar refractivity (Wildman–Crippen MR) is 61.1 cm³/mol. The van der Waals surface area contributed by atoms with E-state index in [-0.39, 0.29) is 6.42 Å². The van der Waals surface area contributed by atoms with E-state index < -0.39 is 11.5 Å². The van der Waals surface area contributed by atoms with Crippen LogP contribution in [0, 0.1) is 6.92 Å². The Bertz CT molecular complexity index is 398. The molecule has 0 bridgehead atoms. The van der Waals surface area contributed by atoms with Gasteiger partial charge in [0.2, 0.25) is 0 Å². The van der Waals surface area contributed by atoms with Crippen molar-refractivity contribution in [1.29, 1.82) is 0 Å². The van der Waals surface area contributed by atoms with Gasteiger partial charge in [0.05, 0.1) is 12.0 Å². The largest absolute Gasteiger partial charge is 0.481 e. The molecule has 0 amide bonds. The van der Waals surface area contributed by atoms with Gasteiger partial charge in [0.15, 0.2) is 0 Å². The summed E-state index contributed by atoms with van der Waals surface area (Å²) >= 11 is 0. The van der Waals surface area contributed by atoms with Gasteiger partial charge in [0.25, 0.3) is 0 Å². The van der Waals surface area contributed by atoms with Crippen molar-refractivity contribution in [1.82, 2.24) is 10.6 Å². The third-order valence-corrected chi connectivity index (χ3v) is 3.00. The first-order valence-corrected chi connectivity index (χ1v) is 5.37. The van der Waals surface area contributed by atoms with Crippen LogP contribution in [-0.2, 0) is 10.3 Å². The molecule has 16 heavy (non-hydrogen) atoms. The fourth-order valence-electron chi connectivity index (χ4n) is 2.20. The van der Waals surface area contributed by atoms with Crippen LogP contribution in [0.4, 0.5) is 0 Å². The first-order chi connectivity index (χ1) is 7.62. The molecule has 4 heteroatoms. The summed E-state index contributed by atoms with van der Waals surface area (Å²) in [5.41, 5.74) is 1.73. The molecular weight excluding hydrogens is 204 g/mol. The number of carboxylic acid groups (broad SMARTS) is 1. The number of carbonyl (C=O) groups is 1. The van der Waals surface area contributed by atoms with Gasteiger partial charge in [-0.1, -0.05) is 29.8 Å². The first-order valence-electron chi connectivity index (χ1n) is 5.37. The van der Waals surface area contributed by atoms with Crippen LogP contribution in [0.25, 0.3) is 0 Å². The SMILES string of the molecule is Cc1cccc(C2(CC(=O)O)CNCN2)c1. The van der Waals surface area contributed by atoms with Crippen molar-refractivity contribution in [2.24, 2.45) is 0 Å². The van der Waals surface area contributed by atoms with Gasteiger partial charge in [-0.15, -0.1) is 0 Å². The van der Waals surface area contributed by atoms with Gasteiger partial charge < -0.3 is 10.4 Å². The molecule has 0 aromatic heterocycles. The monoisotopic (exact) mass is 220 g/mol. The Balaban J connectivity index is 2.35. The van der Waals surface area contributed by atoms with Crippen LogP contribution >= 0.6 is 0 Å². The van der Waals surface area contributed by atoms with Gasteiger partial charge in [-0.2, -0.15) is 0 Å². The van der Waals surface area contributed by atoms with Gasteiger partial charge >= 0.3 is 5.97 Å². The highest BCUT2D eigenvalue weighted by molar-refractivity contribution is 5.69. The molecule has 1 fully saturated rings. The van der Waals surface area contributed by atoms with Crippen LogP contribution in [0.3, 0.4) is 0 Å². The van der Waals surface area contributed by atoms with Crippen molar-refractivity contribution in [3.8, 4) is 0 Å². The number of benzene rings is 1. The maximum Gasteiger partial charge on any atom is 0.305 e. The molecule has 0 radical (unpaired) electrons. The minimum absolute atomic E-state index is 0.101. The Hall–Kier alpha value is -1.39. The molecule has 1 aliphatic heterocycles. The highest BCUT2D eigenvalue weighted by atomic mass is 16.4. The Morgan fingerprint density at radius 1 is 1.56 bits per heavy atom. The lowest BCUT2D eigenvalue weighted by Crippen LogP contribution is -2.41. The summed E-state index contributed by atoms with van der Waals surface area (Å²) in [6, 6.07) is 8.01. The summed E-state index contributed by atoms with van der Waals surface area (Å²) in [4.78, 5) is 11.0. The highest BCUT2D eigenvalue weighted by Gasteiger charge is 2.37. The smallest absolute Gasteiger partial charge is 0.305 e. The third-order valence-electron chi connectivity index (χ3n) is 3.00. The summed E-state index contributed by atoms with van der Waals surface area (Å²) in [5.74, 6) is -0.780. The van der Waals surface area contributed by atoms with Gasteiger partial charge in [-0.25, -0.2) is 0 Å². The molecule has 3 N–H and O–H groups in total. The lowest BCUT2D eigenvalue weighted by Gasteiger charge is -2.27. The van der Waals surface area contributed by atoms with Crippen molar-refractivity contribution < 1.29 is 9.90 Å². The first kappa shape index (κ1) is 11.1. The van der Waals surface area contributed by atoms with E-state index in [0.717, 1.165) is 11.1 Å². The van der Waals surface area contributed by atoms with E-state index in [1.807, 2.05) is 31.2 Å². The van der Waals surface area contributed by atoms with Crippen molar-refractivity contribution >= 4 is 5.97 Å². The molecule has 0 saturated carbocycles. The number of aryl methyl sites for hydroxylation is 1. The average Bonchev–Trinajstić information content (AvgIpc) is 2.66. The Labute approximate surface area is 94.7 Å². The molecule has 1 aromatic rings. The van der Waals surface area contributed by atoms with Crippen LogP contribution < -0.4 is 10.6 Å². The summed E-state index contributed by atoms with van der Waals surface area (Å²) < 4.78 is 0. The molecule has 2 rings (SSSR count). The maximum absolute atomic E-state index is 11.0. The Morgan fingerprint density at radius 3 is 2.94 bits per heavy atom. The maximum atomic E-state index is 11.0. The van der Waals surface area contributed by atoms with Crippen LogP contribution in [-0.4, -0.2) is 24.3 Å². The fraction of sp³-hybridized carbons (Fsp3) is 0.417. The molecule has 1 atom stereocenters. The minimum Gasteiger partial charge on any atom is -0.481 e. The minimum atomic E-state index is -0.780. The fourth-order valence-corrected chi connectivity index (χ4v) is 2.20. The van der Waals surface area contributed by atoms with Crippen LogP contribution in [0.5, 0.6) is 0 Å². The third kappa shape index (κ3) is 2.08. The molecule has 1 heterocycles. The number of hydrogen-bond donors (Lipinski definition) is 3. The molecule has 86 valence electrons. The van der Waals surface area contributed by atoms with Crippen LogP contribution in [0.1, 0.15) is 17.5 Å². The molecule has 0 aliphatic carbocycles. The van der Waals surface area contributed by atoms with E-state index in [1.165, 1.54) is 0 Å². The number of nitrogens with one attached hydrogen (secondary N) is 2. The summed E-state index contributed by atoms with van der Waals surface area (Å²) in [5, 5.41) is 15.4. The van der Waals surface area contributed by atoms with E-state index in [0.29, 0.717) is 13.2 Å². The number of hydrogen-bond acceptors (Lipinski definition) is 3. The summed E-state index contributed by atoms with van der Waals surface area (Å²) in [6.45, 7) is 3.32. The zero-order valence-corrected chi connectivity index (χ0v) is 9.29. The van der Waals surface area contributed by atoms with E-state index in [4.69, 9.17) is 5.11 Å². The molecular formula is C12H16N2O2. The molecule has 0 spiro atoms. The second kappa shape index (κ2) is 4.23. The predicted octanol–water partition coefficient (Wildman–Crippen LogP) is 0.815. The van der Waals surface area contributed by atoms with Crippen molar-refractivity contribution in [2.45, 2.75) is 18.9 Å². The molecule has 1 saturated heterocycles.